The van der Waals surface area contributed by atoms with Gasteiger partial charge in [0.05, 0.1) is 7.11 Å². The lowest BCUT2D eigenvalue weighted by atomic mass is 9.93. The van der Waals surface area contributed by atoms with E-state index >= 15 is 0 Å². The molecule has 4 nitrogen and oxygen atoms in total. The average Bonchev–Trinajstić information content (AvgIpc) is 2.80. The van der Waals surface area contributed by atoms with Crippen molar-refractivity contribution in [3.63, 3.8) is 0 Å². The Kier molecular flexibility index (Phi) is 4.26. The zero-order chi connectivity index (χ0) is 17.4. The standard InChI is InChI=1S/C16H16F3NO3/c1-10-9-13(15(22,14(21)23-3)16(17,18)19)11(2)20(10)12-7-5-4-6-8-12/h4-9,22H,1-3H3. The summed E-state index contributed by atoms with van der Waals surface area (Å²) in [5.74, 6) is -1.77. The lowest BCUT2D eigenvalue weighted by molar-refractivity contribution is -0.267. The number of carbonyl (C=O) groups is 1. The Balaban J connectivity index is 2.71. The zero-order valence-corrected chi connectivity index (χ0v) is 12.8. The van der Waals surface area contributed by atoms with E-state index in [1.807, 2.05) is 0 Å². The number of aliphatic hydroxyl groups is 1. The summed E-state index contributed by atoms with van der Waals surface area (Å²) in [6.07, 6.45) is -5.21. The summed E-state index contributed by atoms with van der Waals surface area (Å²) < 4.78 is 45.9. The minimum Gasteiger partial charge on any atom is -0.466 e. The van der Waals surface area contributed by atoms with Gasteiger partial charge < -0.3 is 14.4 Å². The molecule has 0 spiro atoms. The molecular weight excluding hydrogens is 311 g/mol. The van der Waals surface area contributed by atoms with Gasteiger partial charge in [0.15, 0.2) is 0 Å². The summed E-state index contributed by atoms with van der Waals surface area (Å²) >= 11 is 0. The van der Waals surface area contributed by atoms with Crippen molar-refractivity contribution in [2.24, 2.45) is 0 Å². The molecule has 1 heterocycles. The molecule has 0 aliphatic rings. The number of para-hydroxylation sites is 1. The largest absolute Gasteiger partial charge is 0.466 e. The number of esters is 1. The maximum absolute atomic E-state index is 13.4. The van der Waals surface area contributed by atoms with E-state index in [4.69, 9.17) is 0 Å². The highest BCUT2D eigenvalue weighted by atomic mass is 19.4. The number of benzene rings is 1. The van der Waals surface area contributed by atoms with Crippen LogP contribution in [0.5, 0.6) is 0 Å². The number of alkyl halides is 3. The predicted octanol–water partition coefficient (Wildman–Crippen LogP) is 3.02. The van der Waals surface area contributed by atoms with E-state index in [2.05, 4.69) is 4.74 Å². The third-order valence-corrected chi connectivity index (χ3v) is 3.73. The van der Waals surface area contributed by atoms with E-state index in [1.165, 1.54) is 11.5 Å². The van der Waals surface area contributed by atoms with E-state index in [-0.39, 0.29) is 5.69 Å². The van der Waals surface area contributed by atoms with Crippen LogP contribution in [0.4, 0.5) is 13.2 Å². The molecule has 1 aromatic heterocycles. The van der Waals surface area contributed by atoms with Gasteiger partial charge in [-0.25, -0.2) is 4.79 Å². The zero-order valence-electron chi connectivity index (χ0n) is 12.8. The molecule has 1 unspecified atom stereocenters. The number of rotatable bonds is 3. The lowest BCUT2D eigenvalue weighted by Crippen LogP contribution is -2.50. The van der Waals surface area contributed by atoms with Crippen molar-refractivity contribution >= 4 is 5.97 Å². The molecule has 7 heteroatoms. The number of halogens is 3. The van der Waals surface area contributed by atoms with Gasteiger partial charge in [-0.2, -0.15) is 13.2 Å². The second-order valence-electron chi connectivity index (χ2n) is 5.16. The maximum atomic E-state index is 13.4. The molecule has 124 valence electrons. The Bertz CT molecular complexity index is 722. The number of hydrogen-bond donors (Lipinski definition) is 1. The van der Waals surface area contributed by atoms with Crippen LogP contribution < -0.4 is 0 Å². The van der Waals surface area contributed by atoms with Crippen molar-refractivity contribution < 1.29 is 27.8 Å². The van der Waals surface area contributed by atoms with Gasteiger partial charge in [0.1, 0.15) is 0 Å². The van der Waals surface area contributed by atoms with Crippen LogP contribution in [0.1, 0.15) is 17.0 Å². The number of aromatic nitrogens is 1. The van der Waals surface area contributed by atoms with Crippen molar-refractivity contribution in [2.75, 3.05) is 7.11 Å². The third kappa shape index (κ3) is 2.61. The molecule has 1 atom stereocenters. The fourth-order valence-electron chi connectivity index (χ4n) is 2.63. The molecule has 0 aliphatic carbocycles. The SMILES string of the molecule is COC(=O)C(O)(c1cc(C)n(-c2ccccc2)c1C)C(F)(F)F. The van der Waals surface area contributed by atoms with Crippen molar-refractivity contribution in [1.29, 1.82) is 0 Å². The summed E-state index contributed by atoms with van der Waals surface area (Å²) in [5, 5.41) is 10.1. The quantitative estimate of drug-likeness (QED) is 0.882. The number of aryl methyl sites for hydroxylation is 1. The Morgan fingerprint density at radius 3 is 2.22 bits per heavy atom. The van der Waals surface area contributed by atoms with Crippen LogP contribution in [0, 0.1) is 13.8 Å². The van der Waals surface area contributed by atoms with Gasteiger partial charge in [-0.15, -0.1) is 0 Å². The Labute approximate surface area is 131 Å². The number of carbonyl (C=O) groups excluding carboxylic acids is 1. The molecule has 2 rings (SSSR count). The summed E-state index contributed by atoms with van der Waals surface area (Å²) in [6.45, 7) is 3.01. The molecule has 23 heavy (non-hydrogen) atoms. The fourth-order valence-corrected chi connectivity index (χ4v) is 2.63. The number of methoxy groups -OCH3 is 1. The summed E-state index contributed by atoms with van der Waals surface area (Å²) in [5.41, 5.74) is -3.06. The lowest BCUT2D eigenvalue weighted by Gasteiger charge is -2.28. The van der Waals surface area contributed by atoms with Crippen molar-refractivity contribution in [2.45, 2.75) is 25.6 Å². The normalized spacial score (nSPS) is 14.4. The van der Waals surface area contributed by atoms with Gasteiger partial charge in [-0.3, -0.25) is 0 Å². The van der Waals surface area contributed by atoms with Gasteiger partial charge in [-0.1, -0.05) is 18.2 Å². The molecule has 0 radical (unpaired) electrons. The van der Waals surface area contributed by atoms with Gasteiger partial charge >= 0.3 is 12.1 Å². The van der Waals surface area contributed by atoms with Crippen LogP contribution in [0.3, 0.4) is 0 Å². The van der Waals surface area contributed by atoms with Crippen molar-refractivity contribution in [3.05, 3.63) is 53.3 Å². The molecule has 0 fully saturated rings. The van der Waals surface area contributed by atoms with Crippen LogP contribution in [0.2, 0.25) is 0 Å². The van der Waals surface area contributed by atoms with Gasteiger partial charge in [0.25, 0.3) is 5.60 Å². The number of hydrogen-bond acceptors (Lipinski definition) is 3. The van der Waals surface area contributed by atoms with Gasteiger partial charge in [0.2, 0.25) is 0 Å². The summed E-state index contributed by atoms with van der Waals surface area (Å²) in [4.78, 5) is 11.7. The predicted molar refractivity (Wildman–Crippen MR) is 77.2 cm³/mol. The molecule has 0 saturated carbocycles. The number of nitrogens with zero attached hydrogens (tertiary/aromatic N) is 1. The molecular formula is C16H16F3NO3. The van der Waals surface area contributed by atoms with Crippen LogP contribution >= 0.6 is 0 Å². The molecule has 0 aliphatic heterocycles. The van der Waals surface area contributed by atoms with E-state index < -0.39 is 23.3 Å². The highest BCUT2D eigenvalue weighted by Gasteiger charge is 2.63. The maximum Gasteiger partial charge on any atom is 0.432 e. The van der Waals surface area contributed by atoms with E-state index in [0.29, 0.717) is 11.4 Å². The molecule has 1 aromatic carbocycles. The van der Waals surface area contributed by atoms with Gasteiger partial charge in [-0.05, 0) is 32.0 Å². The van der Waals surface area contributed by atoms with Crippen molar-refractivity contribution in [1.82, 2.24) is 4.57 Å². The smallest absolute Gasteiger partial charge is 0.432 e. The van der Waals surface area contributed by atoms with Gasteiger partial charge in [0, 0.05) is 22.6 Å². The van der Waals surface area contributed by atoms with E-state index in [0.717, 1.165) is 13.2 Å². The average molecular weight is 327 g/mol. The molecule has 0 amide bonds. The first-order chi connectivity index (χ1) is 10.6. The molecule has 0 bridgehead atoms. The van der Waals surface area contributed by atoms with Crippen LogP contribution in [0.15, 0.2) is 36.4 Å². The molecule has 1 N–H and O–H groups in total. The Hall–Kier alpha value is -2.28. The van der Waals surface area contributed by atoms with Crippen LogP contribution in [-0.4, -0.2) is 28.9 Å². The minimum absolute atomic E-state index is 0.110. The molecule has 0 saturated heterocycles. The first-order valence-corrected chi connectivity index (χ1v) is 6.77. The highest BCUT2D eigenvalue weighted by molar-refractivity contribution is 5.82. The topological polar surface area (TPSA) is 51.5 Å². The Morgan fingerprint density at radius 1 is 1.17 bits per heavy atom. The number of ether oxygens (including phenoxy) is 1. The second-order valence-corrected chi connectivity index (χ2v) is 5.16. The molecule has 2 aromatic rings. The van der Waals surface area contributed by atoms with Crippen LogP contribution in [0.25, 0.3) is 5.69 Å². The minimum atomic E-state index is -5.21. The summed E-state index contributed by atoms with van der Waals surface area (Å²) in [6, 6.07) is 9.84. The monoisotopic (exact) mass is 327 g/mol. The Morgan fingerprint density at radius 2 is 1.74 bits per heavy atom. The second kappa shape index (κ2) is 5.73. The fraction of sp³-hybridized carbons (Fsp3) is 0.312. The first kappa shape index (κ1) is 17.1. The van der Waals surface area contributed by atoms with E-state index in [1.54, 1.807) is 37.3 Å². The third-order valence-electron chi connectivity index (χ3n) is 3.73. The summed E-state index contributed by atoms with van der Waals surface area (Å²) in [7, 11) is 0.801. The van der Waals surface area contributed by atoms with E-state index in [9.17, 15) is 23.1 Å². The first-order valence-electron chi connectivity index (χ1n) is 6.77. The van der Waals surface area contributed by atoms with Crippen molar-refractivity contribution in [3.8, 4) is 5.69 Å². The highest BCUT2D eigenvalue weighted by Crippen LogP contribution is 2.42. The van der Waals surface area contributed by atoms with Crippen LogP contribution in [-0.2, 0) is 15.1 Å².